The SMILES string of the molecule is CCOc1cc(C(=O)Nc2cc(C(F)(F)F)ccn2)ccc1-c1nc(C2=C3CCC(C(=O)O)(CC2)C3)n2ccnc(N)c12. The summed E-state index contributed by atoms with van der Waals surface area (Å²) in [6.45, 7) is 2.03. The molecule has 6 rings (SSSR count). The van der Waals surface area contributed by atoms with Crippen molar-refractivity contribution in [3.63, 3.8) is 0 Å². The second kappa shape index (κ2) is 10.4. The van der Waals surface area contributed by atoms with Crippen LogP contribution in [0.25, 0.3) is 22.3 Å². The number of alkyl halides is 3. The van der Waals surface area contributed by atoms with E-state index in [2.05, 4.69) is 15.3 Å². The molecular weight excluding hydrogens is 565 g/mol. The number of aliphatic carboxylic acids is 1. The molecule has 4 aromatic rings. The number of imidazole rings is 1. The van der Waals surface area contributed by atoms with Gasteiger partial charge in [0.25, 0.3) is 5.91 Å². The fourth-order valence-corrected chi connectivity index (χ4v) is 6.01. The second-order valence-corrected chi connectivity index (χ2v) is 10.7. The number of halogens is 3. The fourth-order valence-electron chi connectivity index (χ4n) is 6.01. The Balaban J connectivity index is 1.40. The van der Waals surface area contributed by atoms with Crippen LogP contribution >= 0.6 is 0 Å². The lowest BCUT2D eigenvalue weighted by molar-refractivity contribution is -0.149. The molecule has 2 aliphatic carbocycles. The fraction of sp³-hybridized carbons (Fsp3) is 0.300. The number of benzene rings is 1. The van der Waals surface area contributed by atoms with Crippen molar-refractivity contribution in [2.24, 2.45) is 5.41 Å². The van der Waals surface area contributed by atoms with Gasteiger partial charge < -0.3 is 20.9 Å². The molecule has 4 N–H and O–H groups in total. The van der Waals surface area contributed by atoms with Crippen LogP contribution in [0.2, 0.25) is 0 Å². The number of rotatable bonds is 7. The van der Waals surface area contributed by atoms with Crippen molar-refractivity contribution in [1.29, 1.82) is 0 Å². The third-order valence-electron chi connectivity index (χ3n) is 8.17. The summed E-state index contributed by atoms with van der Waals surface area (Å²) in [6.07, 6.45) is 2.55. The predicted molar refractivity (Wildman–Crippen MR) is 151 cm³/mol. The summed E-state index contributed by atoms with van der Waals surface area (Å²) in [7, 11) is 0. The molecule has 0 aliphatic heterocycles. The summed E-state index contributed by atoms with van der Waals surface area (Å²) in [5.74, 6) is -0.495. The van der Waals surface area contributed by atoms with Gasteiger partial charge in [0.1, 0.15) is 34.4 Å². The maximum Gasteiger partial charge on any atom is 0.416 e. The van der Waals surface area contributed by atoms with Crippen molar-refractivity contribution < 1.29 is 32.6 Å². The van der Waals surface area contributed by atoms with E-state index >= 15 is 0 Å². The number of carbonyl (C=O) groups is 2. The molecule has 13 heteroatoms. The first-order valence-electron chi connectivity index (χ1n) is 13.7. The summed E-state index contributed by atoms with van der Waals surface area (Å²) >= 11 is 0. The lowest BCUT2D eigenvalue weighted by Gasteiger charge is -2.27. The van der Waals surface area contributed by atoms with Crippen molar-refractivity contribution in [2.75, 3.05) is 17.7 Å². The number of nitrogens with one attached hydrogen (secondary N) is 1. The monoisotopic (exact) mass is 592 g/mol. The highest BCUT2D eigenvalue weighted by Gasteiger charge is 2.47. The normalized spacial score (nSPS) is 18.2. The summed E-state index contributed by atoms with van der Waals surface area (Å²) in [5.41, 5.74) is 8.42. The zero-order valence-corrected chi connectivity index (χ0v) is 23.0. The molecule has 3 aromatic heterocycles. The molecule has 3 heterocycles. The molecule has 1 aromatic carbocycles. The summed E-state index contributed by atoms with van der Waals surface area (Å²) in [5, 5.41) is 12.3. The average Bonchev–Trinajstić information content (AvgIpc) is 3.53. The first-order chi connectivity index (χ1) is 20.5. The average molecular weight is 593 g/mol. The van der Waals surface area contributed by atoms with E-state index in [1.165, 1.54) is 12.1 Å². The Kier molecular flexibility index (Phi) is 6.82. The Hall–Kier alpha value is -4.94. The molecule has 10 nitrogen and oxygen atoms in total. The number of nitrogens with zero attached hydrogens (tertiary/aromatic N) is 4. The third-order valence-corrected chi connectivity index (χ3v) is 8.17. The van der Waals surface area contributed by atoms with Crippen LogP contribution in [0.4, 0.5) is 24.8 Å². The van der Waals surface area contributed by atoms with Crippen LogP contribution in [0.5, 0.6) is 5.75 Å². The summed E-state index contributed by atoms with van der Waals surface area (Å²) in [6, 6.07) is 6.22. The predicted octanol–water partition coefficient (Wildman–Crippen LogP) is 5.85. The van der Waals surface area contributed by atoms with Crippen LogP contribution in [0.3, 0.4) is 0 Å². The van der Waals surface area contributed by atoms with Gasteiger partial charge in [0, 0.05) is 29.7 Å². The molecule has 43 heavy (non-hydrogen) atoms. The maximum absolute atomic E-state index is 13.1. The van der Waals surface area contributed by atoms with Gasteiger partial charge in [-0.3, -0.25) is 14.0 Å². The van der Waals surface area contributed by atoms with Crippen molar-refractivity contribution in [1.82, 2.24) is 19.4 Å². The van der Waals surface area contributed by atoms with Crippen LogP contribution in [0, 0.1) is 5.41 Å². The summed E-state index contributed by atoms with van der Waals surface area (Å²) in [4.78, 5) is 38.1. The number of aromatic nitrogens is 4. The number of fused-ring (bicyclic) bond motifs is 3. The number of pyridine rings is 1. The Morgan fingerprint density at radius 2 is 1.93 bits per heavy atom. The molecular formula is C30H27F3N6O4. The van der Waals surface area contributed by atoms with Gasteiger partial charge in [-0.05, 0) is 74.9 Å². The van der Waals surface area contributed by atoms with Crippen molar-refractivity contribution in [3.05, 3.63) is 71.4 Å². The standard InChI is InChI=1S/C30H27F3N6O4/c1-2-43-21-13-16(27(40)37-22-14-18(7-10-35-22)30(31,32)33)3-4-20(21)23-24-25(34)36-11-12-39(24)26(38-23)19-6-9-29(28(41)42)8-5-17(19)15-29/h3-4,7,10-14H,2,5-6,8-9,15H2,1H3,(H2,34,36)(H,41,42)(H,35,37,40). The van der Waals surface area contributed by atoms with Gasteiger partial charge >= 0.3 is 12.1 Å². The largest absolute Gasteiger partial charge is 0.493 e. The molecule has 1 saturated carbocycles. The molecule has 1 atom stereocenters. The quantitative estimate of drug-likeness (QED) is 0.243. The van der Waals surface area contributed by atoms with Gasteiger partial charge in [-0.2, -0.15) is 13.2 Å². The van der Waals surface area contributed by atoms with Crippen LogP contribution in [0.1, 0.15) is 60.8 Å². The van der Waals surface area contributed by atoms with E-state index in [-0.39, 0.29) is 23.8 Å². The van der Waals surface area contributed by atoms with Crippen LogP contribution in [0.15, 0.2) is 54.5 Å². The van der Waals surface area contributed by atoms with Crippen molar-refractivity contribution >= 4 is 34.6 Å². The molecule has 0 spiro atoms. The number of hydrogen-bond donors (Lipinski definition) is 3. The lowest BCUT2D eigenvalue weighted by atomic mass is 9.76. The number of allylic oxidation sites excluding steroid dienone is 2. The minimum absolute atomic E-state index is 0.134. The number of ether oxygens (including phenoxy) is 1. The van der Waals surface area contributed by atoms with E-state index in [9.17, 15) is 27.9 Å². The van der Waals surface area contributed by atoms with Gasteiger partial charge in [-0.1, -0.05) is 5.57 Å². The third kappa shape index (κ3) is 4.94. The molecule has 1 unspecified atom stereocenters. The number of nitrogen functional groups attached to an aromatic ring is 1. The molecule has 2 bridgehead atoms. The Bertz CT molecular complexity index is 1820. The molecule has 0 saturated heterocycles. The van der Waals surface area contributed by atoms with E-state index in [1.807, 2.05) is 4.40 Å². The first kappa shape index (κ1) is 28.2. The zero-order chi connectivity index (χ0) is 30.5. The molecule has 2 aliphatic rings. The number of carboxylic acids is 1. The second-order valence-electron chi connectivity index (χ2n) is 10.7. The van der Waals surface area contributed by atoms with Crippen LogP contribution < -0.4 is 15.8 Å². The molecule has 0 radical (unpaired) electrons. The topological polar surface area (TPSA) is 145 Å². The van der Waals surface area contributed by atoms with Gasteiger partial charge in [-0.25, -0.2) is 15.0 Å². The first-order valence-corrected chi connectivity index (χ1v) is 13.7. The number of hydrogen-bond acceptors (Lipinski definition) is 7. The highest BCUT2D eigenvalue weighted by Crippen LogP contribution is 2.53. The maximum atomic E-state index is 13.1. The van der Waals surface area contributed by atoms with Gasteiger partial charge in [0.05, 0.1) is 17.6 Å². The molecule has 1 amide bonds. The minimum atomic E-state index is -4.58. The summed E-state index contributed by atoms with van der Waals surface area (Å²) < 4.78 is 47.1. The number of carbonyl (C=O) groups excluding carboxylic acids is 1. The van der Waals surface area contributed by atoms with E-state index in [0.717, 1.165) is 29.5 Å². The van der Waals surface area contributed by atoms with Gasteiger partial charge in [0.15, 0.2) is 0 Å². The number of nitrogens with two attached hydrogens (primary N) is 1. The van der Waals surface area contributed by atoms with Crippen LogP contribution in [-0.2, 0) is 11.0 Å². The molecule has 222 valence electrons. The number of carboxylic acid groups (broad SMARTS) is 1. The Morgan fingerprint density at radius 3 is 2.67 bits per heavy atom. The highest BCUT2D eigenvalue weighted by atomic mass is 19.4. The molecule has 1 fully saturated rings. The van der Waals surface area contributed by atoms with Crippen LogP contribution in [-0.4, -0.2) is 42.9 Å². The lowest BCUT2D eigenvalue weighted by Crippen LogP contribution is -2.29. The van der Waals surface area contributed by atoms with E-state index in [0.29, 0.717) is 60.5 Å². The van der Waals surface area contributed by atoms with Crippen molar-refractivity contribution in [3.8, 4) is 17.0 Å². The zero-order valence-electron chi connectivity index (χ0n) is 23.0. The van der Waals surface area contributed by atoms with E-state index < -0.39 is 29.0 Å². The van der Waals surface area contributed by atoms with Gasteiger partial charge in [-0.15, -0.1) is 0 Å². The minimum Gasteiger partial charge on any atom is -0.493 e. The number of amides is 1. The van der Waals surface area contributed by atoms with Crippen molar-refractivity contribution in [2.45, 2.75) is 45.2 Å². The smallest absolute Gasteiger partial charge is 0.416 e. The van der Waals surface area contributed by atoms with E-state index in [1.54, 1.807) is 25.4 Å². The van der Waals surface area contributed by atoms with Gasteiger partial charge in [0.2, 0.25) is 0 Å². The Morgan fingerprint density at radius 1 is 1.14 bits per heavy atom. The Labute approximate surface area is 243 Å². The number of anilines is 2. The van der Waals surface area contributed by atoms with E-state index in [4.69, 9.17) is 15.5 Å². The highest BCUT2D eigenvalue weighted by molar-refractivity contribution is 6.05.